The summed E-state index contributed by atoms with van der Waals surface area (Å²) < 4.78 is 0. The fourth-order valence-corrected chi connectivity index (χ4v) is 4.92. The minimum absolute atomic E-state index is 0.0647. The van der Waals surface area contributed by atoms with Crippen molar-refractivity contribution < 1.29 is 14.4 Å². The van der Waals surface area contributed by atoms with Crippen LogP contribution in [0, 0.1) is 0 Å². The minimum Gasteiger partial charge on any atom is -0.330 e. The fourth-order valence-electron chi connectivity index (χ4n) is 4.92. The molecule has 1 aliphatic carbocycles. The summed E-state index contributed by atoms with van der Waals surface area (Å²) in [6.45, 7) is 1.91. The second-order valence-corrected chi connectivity index (χ2v) is 8.65. The summed E-state index contributed by atoms with van der Waals surface area (Å²) in [5, 5.41) is 3.66. The minimum atomic E-state index is -0.293. The molecule has 0 saturated heterocycles. The van der Waals surface area contributed by atoms with E-state index in [4.69, 9.17) is 0 Å². The van der Waals surface area contributed by atoms with Crippen molar-refractivity contribution in [1.29, 1.82) is 0 Å². The standard InChI is InChI=1S/C26H25N3O3/c1-16(30)17-8-7-9-18(14-17)27-25(31)23-20-12-5-6-13-22(20)28-24-21(23)15-29(26(24)32)19-10-3-2-4-11-19/h5-9,12-14,19H,2-4,10-11,15H2,1H3,(H,27,31). The largest absolute Gasteiger partial charge is 0.330 e. The van der Waals surface area contributed by atoms with Crippen LogP contribution in [0.2, 0.25) is 0 Å². The number of nitrogens with one attached hydrogen (secondary N) is 1. The smallest absolute Gasteiger partial charge is 0.273 e. The number of anilines is 1. The number of carbonyl (C=O) groups is 3. The lowest BCUT2D eigenvalue weighted by atomic mass is 9.94. The maximum atomic E-state index is 13.5. The van der Waals surface area contributed by atoms with Crippen LogP contribution >= 0.6 is 0 Å². The highest BCUT2D eigenvalue weighted by Gasteiger charge is 2.38. The maximum absolute atomic E-state index is 13.5. The Balaban J connectivity index is 1.56. The van der Waals surface area contributed by atoms with E-state index in [1.54, 1.807) is 24.3 Å². The van der Waals surface area contributed by atoms with Crippen molar-refractivity contribution >= 4 is 34.2 Å². The summed E-state index contributed by atoms with van der Waals surface area (Å²) in [6.07, 6.45) is 5.46. The molecule has 162 valence electrons. The Morgan fingerprint density at radius 1 is 1.03 bits per heavy atom. The first-order chi connectivity index (χ1) is 15.5. The Hall–Kier alpha value is -3.54. The SMILES string of the molecule is CC(=O)c1cccc(NC(=O)c2c3c(nc4ccccc24)C(=O)N(C2CCCCC2)C3)c1. The molecule has 1 saturated carbocycles. The number of para-hydroxylation sites is 1. The van der Waals surface area contributed by atoms with Gasteiger partial charge in [-0.1, -0.05) is 49.6 Å². The van der Waals surface area contributed by atoms with Gasteiger partial charge in [0, 0.05) is 34.8 Å². The average Bonchev–Trinajstić information content (AvgIpc) is 3.14. The van der Waals surface area contributed by atoms with Gasteiger partial charge in [-0.25, -0.2) is 4.98 Å². The van der Waals surface area contributed by atoms with Gasteiger partial charge >= 0.3 is 0 Å². The first kappa shape index (κ1) is 20.4. The molecule has 0 spiro atoms. The molecule has 32 heavy (non-hydrogen) atoms. The van der Waals surface area contributed by atoms with Gasteiger partial charge in [-0.15, -0.1) is 0 Å². The number of pyridine rings is 1. The zero-order chi connectivity index (χ0) is 22.2. The molecule has 0 atom stereocenters. The lowest BCUT2D eigenvalue weighted by molar-refractivity contribution is 0.0655. The van der Waals surface area contributed by atoms with Gasteiger partial charge in [0.15, 0.2) is 5.78 Å². The van der Waals surface area contributed by atoms with Gasteiger partial charge in [-0.05, 0) is 38.0 Å². The Morgan fingerprint density at radius 3 is 2.59 bits per heavy atom. The van der Waals surface area contributed by atoms with Gasteiger partial charge in [0.05, 0.1) is 11.1 Å². The molecule has 3 aromatic rings. The Bertz CT molecular complexity index is 1240. The number of amides is 2. The third kappa shape index (κ3) is 3.55. The summed E-state index contributed by atoms with van der Waals surface area (Å²) in [7, 11) is 0. The number of carbonyl (C=O) groups excluding carboxylic acids is 3. The Labute approximate surface area is 186 Å². The highest BCUT2D eigenvalue weighted by atomic mass is 16.2. The number of hydrogen-bond donors (Lipinski definition) is 1. The molecule has 2 aliphatic rings. The molecule has 1 N–H and O–H groups in total. The predicted octanol–water partition coefficient (Wildman–Crippen LogP) is 4.98. The molecule has 0 radical (unpaired) electrons. The van der Waals surface area contributed by atoms with Gasteiger partial charge < -0.3 is 10.2 Å². The Morgan fingerprint density at radius 2 is 1.81 bits per heavy atom. The second kappa shape index (κ2) is 8.19. The molecule has 5 rings (SSSR count). The number of aromatic nitrogens is 1. The van der Waals surface area contributed by atoms with Crippen molar-refractivity contribution in [3.05, 3.63) is 70.9 Å². The lowest BCUT2D eigenvalue weighted by Crippen LogP contribution is -2.37. The van der Waals surface area contributed by atoms with Crippen LogP contribution < -0.4 is 5.32 Å². The monoisotopic (exact) mass is 427 g/mol. The van der Waals surface area contributed by atoms with Crippen molar-refractivity contribution in [2.24, 2.45) is 0 Å². The van der Waals surface area contributed by atoms with Crippen molar-refractivity contribution in [3.63, 3.8) is 0 Å². The van der Waals surface area contributed by atoms with Gasteiger partial charge in [0.25, 0.3) is 11.8 Å². The number of fused-ring (bicyclic) bond motifs is 2. The number of nitrogens with zero attached hydrogens (tertiary/aromatic N) is 2. The zero-order valence-electron chi connectivity index (χ0n) is 18.1. The van der Waals surface area contributed by atoms with Crippen LogP contribution in [0.1, 0.15) is 75.8 Å². The molecular formula is C26H25N3O3. The lowest BCUT2D eigenvalue weighted by Gasteiger charge is -2.30. The van der Waals surface area contributed by atoms with Crippen molar-refractivity contribution in [2.75, 3.05) is 5.32 Å². The van der Waals surface area contributed by atoms with Gasteiger partial charge in [-0.2, -0.15) is 0 Å². The molecule has 0 unspecified atom stereocenters. The van der Waals surface area contributed by atoms with Crippen LogP contribution in [0.15, 0.2) is 48.5 Å². The van der Waals surface area contributed by atoms with E-state index in [0.29, 0.717) is 40.1 Å². The van der Waals surface area contributed by atoms with E-state index in [0.717, 1.165) is 31.1 Å². The van der Waals surface area contributed by atoms with E-state index in [1.165, 1.54) is 13.3 Å². The number of rotatable bonds is 4. The highest BCUT2D eigenvalue weighted by molar-refractivity contribution is 6.16. The van der Waals surface area contributed by atoms with Crippen LogP contribution in [-0.4, -0.2) is 33.5 Å². The quantitative estimate of drug-likeness (QED) is 0.596. The highest BCUT2D eigenvalue weighted by Crippen LogP contribution is 2.35. The molecule has 2 heterocycles. The zero-order valence-corrected chi connectivity index (χ0v) is 18.1. The van der Waals surface area contributed by atoms with E-state index in [2.05, 4.69) is 10.3 Å². The van der Waals surface area contributed by atoms with Crippen LogP contribution in [-0.2, 0) is 6.54 Å². The van der Waals surface area contributed by atoms with Crippen LogP contribution in [0.25, 0.3) is 10.9 Å². The van der Waals surface area contributed by atoms with E-state index in [-0.39, 0.29) is 23.6 Å². The summed E-state index contributed by atoms with van der Waals surface area (Å²) in [6, 6.07) is 14.5. The van der Waals surface area contributed by atoms with Crippen LogP contribution in [0.5, 0.6) is 0 Å². The second-order valence-electron chi connectivity index (χ2n) is 8.65. The molecule has 6 nitrogen and oxygen atoms in total. The van der Waals surface area contributed by atoms with Crippen LogP contribution in [0.4, 0.5) is 5.69 Å². The van der Waals surface area contributed by atoms with E-state index in [1.807, 2.05) is 29.2 Å². The number of benzene rings is 2. The summed E-state index contributed by atoms with van der Waals surface area (Å²) in [5.74, 6) is -0.436. The van der Waals surface area contributed by atoms with Gasteiger partial charge in [0.1, 0.15) is 5.69 Å². The average molecular weight is 428 g/mol. The first-order valence-electron chi connectivity index (χ1n) is 11.2. The molecule has 6 heteroatoms. The molecule has 2 amide bonds. The van der Waals surface area contributed by atoms with Crippen LogP contribution in [0.3, 0.4) is 0 Å². The fraction of sp³-hybridized carbons (Fsp3) is 0.308. The van der Waals surface area contributed by atoms with E-state index in [9.17, 15) is 14.4 Å². The maximum Gasteiger partial charge on any atom is 0.273 e. The predicted molar refractivity (Wildman–Crippen MR) is 123 cm³/mol. The molecular weight excluding hydrogens is 402 g/mol. The third-order valence-electron chi connectivity index (χ3n) is 6.55. The molecule has 1 fully saturated rings. The van der Waals surface area contributed by atoms with E-state index >= 15 is 0 Å². The van der Waals surface area contributed by atoms with Crippen molar-refractivity contribution in [1.82, 2.24) is 9.88 Å². The molecule has 1 aliphatic heterocycles. The van der Waals surface area contributed by atoms with Crippen molar-refractivity contribution in [3.8, 4) is 0 Å². The molecule has 0 bridgehead atoms. The first-order valence-corrected chi connectivity index (χ1v) is 11.2. The molecule has 2 aromatic carbocycles. The van der Waals surface area contributed by atoms with Gasteiger partial charge in [0.2, 0.25) is 0 Å². The number of Topliss-reactive ketones (excluding diaryl/α,β-unsaturated/α-hetero) is 1. The summed E-state index contributed by atoms with van der Waals surface area (Å²) in [5.41, 5.74) is 3.28. The summed E-state index contributed by atoms with van der Waals surface area (Å²) >= 11 is 0. The topological polar surface area (TPSA) is 79.4 Å². The molecule has 1 aromatic heterocycles. The number of ketones is 1. The third-order valence-corrected chi connectivity index (χ3v) is 6.55. The normalized spacial score (nSPS) is 16.3. The number of hydrogen-bond acceptors (Lipinski definition) is 4. The summed E-state index contributed by atoms with van der Waals surface area (Å²) in [4.78, 5) is 45.1. The van der Waals surface area contributed by atoms with Crippen molar-refractivity contribution in [2.45, 2.75) is 51.6 Å². The van der Waals surface area contributed by atoms with E-state index < -0.39 is 0 Å². The van der Waals surface area contributed by atoms with Gasteiger partial charge in [-0.3, -0.25) is 14.4 Å². The Kier molecular flexibility index (Phi) is 5.21.